The molecule has 0 aliphatic carbocycles. The number of methoxy groups -OCH3 is 1. The molecular formula is C28H29FN8O5. The SMILES string of the molecule is COc1cc2c3cc1Nc1ncc(F)c(n1)Nc1ccc4c(c1)NC(=O)C(C)(O4)C(=O)NCCN(C)CC(=O)N3CC2. The lowest BCUT2D eigenvalue weighted by Gasteiger charge is -2.33. The average Bonchev–Trinajstić information content (AvgIpc) is 3.37. The van der Waals surface area contributed by atoms with Crippen LogP contribution >= 0.6 is 0 Å². The molecule has 0 saturated heterocycles. The van der Waals surface area contributed by atoms with E-state index in [4.69, 9.17) is 9.47 Å². The average molecular weight is 577 g/mol. The predicted octanol–water partition coefficient (Wildman–Crippen LogP) is 2.15. The molecule has 1 atom stereocenters. The lowest BCUT2D eigenvalue weighted by molar-refractivity contribution is -0.146. The molecule has 4 N–H and O–H groups in total. The summed E-state index contributed by atoms with van der Waals surface area (Å²) in [5.74, 6) is -1.35. The number of ether oxygens (including phenoxy) is 2. The molecule has 218 valence electrons. The van der Waals surface area contributed by atoms with Gasteiger partial charge >= 0.3 is 0 Å². The monoisotopic (exact) mass is 576 g/mol. The zero-order valence-corrected chi connectivity index (χ0v) is 23.2. The van der Waals surface area contributed by atoms with Crippen LogP contribution in [0, 0.1) is 5.82 Å². The highest BCUT2D eigenvalue weighted by Gasteiger charge is 2.47. The van der Waals surface area contributed by atoms with Crippen LogP contribution < -0.4 is 35.6 Å². The van der Waals surface area contributed by atoms with Crippen molar-refractivity contribution in [3.8, 4) is 11.5 Å². The van der Waals surface area contributed by atoms with E-state index in [1.807, 2.05) is 6.07 Å². The van der Waals surface area contributed by atoms with E-state index in [0.29, 0.717) is 42.3 Å². The number of benzene rings is 2. The maximum Gasteiger partial charge on any atom is 0.278 e. The standard InChI is InChI=1S/C28H29FN8O5/c1-28-25(39)30-7-9-36(2)14-23(38)37-8-6-15-10-22(41-3)19(12-20(15)37)34-27-31-13-17(29)24(35-27)32-16-4-5-21(42-28)18(11-16)33-26(28)40/h4-5,10-13H,6-9,14H2,1-3H3,(H,30,39)(H,33,40)(H2,31,32,34,35). The Morgan fingerprint density at radius 2 is 1.88 bits per heavy atom. The van der Waals surface area contributed by atoms with E-state index in [1.165, 1.54) is 14.0 Å². The first-order chi connectivity index (χ1) is 20.1. The number of aromatic nitrogens is 2. The second kappa shape index (κ2) is 10.4. The zero-order valence-electron chi connectivity index (χ0n) is 23.2. The number of halogens is 1. The molecule has 14 heteroatoms. The van der Waals surface area contributed by atoms with Crippen molar-refractivity contribution in [2.75, 3.05) is 61.2 Å². The summed E-state index contributed by atoms with van der Waals surface area (Å²) in [6.45, 7) is 2.54. The second-order valence-electron chi connectivity index (χ2n) is 10.4. The molecule has 6 heterocycles. The van der Waals surface area contributed by atoms with E-state index in [0.717, 1.165) is 17.4 Å². The molecular weight excluding hydrogens is 547 g/mol. The number of rotatable bonds is 1. The molecule has 2 aromatic carbocycles. The van der Waals surface area contributed by atoms with Crippen molar-refractivity contribution in [2.45, 2.75) is 18.9 Å². The van der Waals surface area contributed by atoms with Gasteiger partial charge in [-0.1, -0.05) is 0 Å². The third kappa shape index (κ3) is 4.89. The minimum atomic E-state index is -1.81. The van der Waals surface area contributed by atoms with Crippen LogP contribution in [0.5, 0.6) is 11.5 Å². The third-order valence-corrected chi connectivity index (χ3v) is 7.44. The van der Waals surface area contributed by atoms with Gasteiger partial charge in [-0.15, -0.1) is 0 Å². The quantitative estimate of drug-likeness (QED) is 0.318. The number of hydrogen-bond acceptors (Lipinski definition) is 10. The van der Waals surface area contributed by atoms with Gasteiger partial charge in [0.15, 0.2) is 11.6 Å². The molecule has 8 bridgehead atoms. The second-order valence-corrected chi connectivity index (χ2v) is 10.4. The first-order valence-corrected chi connectivity index (χ1v) is 13.3. The summed E-state index contributed by atoms with van der Waals surface area (Å²) in [5, 5.41) is 11.4. The highest BCUT2D eigenvalue weighted by atomic mass is 19.1. The van der Waals surface area contributed by atoms with Gasteiger partial charge < -0.3 is 35.6 Å². The van der Waals surface area contributed by atoms with Crippen molar-refractivity contribution < 1.29 is 28.2 Å². The Hall–Kier alpha value is -4.98. The molecule has 1 unspecified atom stereocenters. The Labute approximate surface area is 240 Å². The van der Waals surface area contributed by atoms with Crippen molar-refractivity contribution >= 4 is 52.2 Å². The summed E-state index contributed by atoms with van der Waals surface area (Å²) >= 11 is 0. The summed E-state index contributed by atoms with van der Waals surface area (Å²) in [6, 6.07) is 8.38. The highest BCUT2D eigenvalue weighted by Crippen LogP contribution is 2.39. The maximum atomic E-state index is 14.8. The predicted molar refractivity (Wildman–Crippen MR) is 152 cm³/mol. The number of likely N-dealkylation sites (N-methyl/N-ethyl adjacent to an activating group) is 1. The van der Waals surface area contributed by atoms with Crippen LogP contribution in [-0.2, 0) is 20.8 Å². The number of anilines is 6. The molecule has 0 radical (unpaired) electrons. The number of amides is 3. The van der Waals surface area contributed by atoms with Crippen molar-refractivity contribution in [1.29, 1.82) is 0 Å². The first kappa shape index (κ1) is 27.2. The van der Waals surface area contributed by atoms with Gasteiger partial charge in [0.05, 0.1) is 31.2 Å². The summed E-state index contributed by atoms with van der Waals surface area (Å²) in [4.78, 5) is 51.2. The van der Waals surface area contributed by atoms with Crippen molar-refractivity contribution in [1.82, 2.24) is 20.2 Å². The van der Waals surface area contributed by atoms with E-state index in [9.17, 15) is 18.8 Å². The van der Waals surface area contributed by atoms with Crippen LogP contribution in [0.2, 0.25) is 0 Å². The van der Waals surface area contributed by atoms with Gasteiger partial charge in [-0.3, -0.25) is 19.3 Å². The molecule has 8 rings (SSSR count). The van der Waals surface area contributed by atoms with Crippen LogP contribution in [-0.4, -0.2) is 78.5 Å². The molecule has 13 nitrogen and oxygen atoms in total. The molecule has 0 spiro atoms. The van der Waals surface area contributed by atoms with E-state index in [1.54, 1.807) is 41.1 Å². The smallest absolute Gasteiger partial charge is 0.278 e. The fourth-order valence-corrected chi connectivity index (χ4v) is 5.09. The maximum absolute atomic E-state index is 14.8. The van der Waals surface area contributed by atoms with Crippen LogP contribution in [0.3, 0.4) is 0 Å². The van der Waals surface area contributed by atoms with Gasteiger partial charge in [0.25, 0.3) is 17.4 Å². The lowest BCUT2D eigenvalue weighted by atomic mass is 10.0. The van der Waals surface area contributed by atoms with Gasteiger partial charge in [-0.2, -0.15) is 4.98 Å². The van der Waals surface area contributed by atoms with Gasteiger partial charge in [-0.05, 0) is 56.3 Å². The molecule has 42 heavy (non-hydrogen) atoms. The topological polar surface area (TPSA) is 150 Å². The number of nitrogens with zero attached hydrogens (tertiary/aromatic N) is 4. The fraction of sp³-hybridized carbons (Fsp3) is 0.321. The molecule has 5 aliphatic heterocycles. The van der Waals surface area contributed by atoms with Gasteiger partial charge in [0, 0.05) is 31.0 Å². The van der Waals surface area contributed by atoms with Gasteiger partial charge in [-0.25, -0.2) is 9.37 Å². The van der Waals surface area contributed by atoms with Crippen LogP contribution in [0.25, 0.3) is 0 Å². The van der Waals surface area contributed by atoms with E-state index < -0.39 is 23.2 Å². The minimum Gasteiger partial charge on any atom is -0.495 e. The molecule has 0 saturated carbocycles. The van der Waals surface area contributed by atoms with Crippen LogP contribution in [0.1, 0.15) is 12.5 Å². The van der Waals surface area contributed by atoms with Crippen molar-refractivity contribution in [3.63, 3.8) is 0 Å². The van der Waals surface area contributed by atoms with Crippen molar-refractivity contribution in [3.05, 3.63) is 47.9 Å². The number of carbonyl (C=O) groups excluding carboxylic acids is 3. The minimum absolute atomic E-state index is 0.0891. The fourth-order valence-electron chi connectivity index (χ4n) is 5.09. The van der Waals surface area contributed by atoms with Crippen molar-refractivity contribution in [2.24, 2.45) is 0 Å². The molecule has 3 aromatic rings. The van der Waals surface area contributed by atoms with Crippen LogP contribution in [0.4, 0.5) is 38.9 Å². The Balaban J connectivity index is 1.39. The molecule has 5 aliphatic rings. The summed E-state index contributed by atoms with van der Waals surface area (Å²) in [7, 11) is 3.31. The van der Waals surface area contributed by atoms with Gasteiger partial charge in [0.1, 0.15) is 11.5 Å². The normalized spacial score (nSPS) is 20.5. The molecule has 3 amide bonds. The van der Waals surface area contributed by atoms with E-state index >= 15 is 0 Å². The Kier molecular flexibility index (Phi) is 6.77. The Morgan fingerprint density at radius 3 is 2.69 bits per heavy atom. The Morgan fingerprint density at radius 1 is 1.05 bits per heavy atom. The largest absolute Gasteiger partial charge is 0.495 e. The first-order valence-electron chi connectivity index (χ1n) is 13.3. The summed E-state index contributed by atoms with van der Waals surface area (Å²) in [6.07, 6.45) is 1.68. The van der Waals surface area contributed by atoms with Gasteiger partial charge in [0.2, 0.25) is 11.9 Å². The van der Waals surface area contributed by atoms with Crippen LogP contribution in [0.15, 0.2) is 36.5 Å². The number of carbonyl (C=O) groups is 3. The Bertz CT molecular complexity index is 1620. The highest BCUT2D eigenvalue weighted by molar-refractivity contribution is 6.15. The number of nitrogens with one attached hydrogen (secondary N) is 4. The zero-order chi connectivity index (χ0) is 29.6. The molecule has 1 aromatic heterocycles. The van der Waals surface area contributed by atoms with E-state index in [-0.39, 0.29) is 36.5 Å². The number of fused-ring (bicyclic) bond motifs is 2. The van der Waals surface area contributed by atoms with E-state index in [2.05, 4.69) is 31.2 Å². The summed E-state index contributed by atoms with van der Waals surface area (Å²) in [5.41, 5.74) is 1.07. The molecule has 0 fully saturated rings. The number of hydrogen-bond donors (Lipinski definition) is 4. The third-order valence-electron chi connectivity index (χ3n) is 7.44. The summed E-state index contributed by atoms with van der Waals surface area (Å²) < 4.78 is 26.2. The lowest BCUT2D eigenvalue weighted by Crippen LogP contribution is -2.59.